The van der Waals surface area contributed by atoms with Crippen LogP contribution in [0.5, 0.6) is 0 Å². The molecule has 4 nitrogen and oxygen atoms in total. The summed E-state index contributed by atoms with van der Waals surface area (Å²) in [6.45, 7) is 0. The van der Waals surface area contributed by atoms with Crippen molar-refractivity contribution in [2.24, 2.45) is 0 Å². The lowest BCUT2D eigenvalue weighted by Crippen LogP contribution is -2.47. The second-order valence-electron chi connectivity index (χ2n) is 1.56. The minimum Gasteiger partial charge on any atom is -0.743 e. The van der Waals surface area contributed by atoms with Crippen LogP contribution in [0.4, 0.5) is 22.1 Å². The minimum absolute atomic E-state index is 1.37. The second kappa shape index (κ2) is 2.78. The SMILES string of the molecule is O=S(=O)([O-])C(F)(F)C(F)(F)OF. The minimum atomic E-state index is -6.67. The standard InChI is InChI=1S/C2HF5O4S/c3-1(4,11-7)2(5,6)12(8,9)10/h(H,8,9,10)/p-1. The fourth-order valence-electron chi connectivity index (χ4n) is 0.190. The first-order valence-electron chi connectivity index (χ1n) is 2.07. The molecule has 0 radical (unpaired) electrons. The van der Waals surface area contributed by atoms with Crippen molar-refractivity contribution in [2.45, 2.75) is 11.4 Å². The van der Waals surface area contributed by atoms with Crippen LogP contribution in [0.2, 0.25) is 0 Å². The molecular formula is C2F5O4S-. The number of halogens is 5. The van der Waals surface area contributed by atoms with Crippen molar-refractivity contribution in [2.75, 3.05) is 0 Å². The Hall–Kier alpha value is -0.480. The molecule has 0 bridgehead atoms. The van der Waals surface area contributed by atoms with Gasteiger partial charge in [-0.1, -0.05) is 0 Å². The Kier molecular flexibility index (Phi) is 2.67. The normalized spacial score (nSPS) is 14.8. The lowest BCUT2D eigenvalue weighted by atomic mass is 10.7. The maximum absolute atomic E-state index is 11.7. The fraction of sp³-hybridized carbons (Fsp3) is 1.00. The van der Waals surface area contributed by atoms with Crippen LogP contribution >= 0.6 is 0 Å². The third-order valence-electron chi connectivity index (χ3n) is 0.750. The van der Waals surface area contributed by atoms with Gasteiger partial charge >= 0.3 is 11.4 Å². The van der Waals surface area contributed by atoms with Crippen LogP contribution in [0.25, 0.3) is 0 Å². The molecule has 0 aromatic rings. The topological polar surface area (TPSA) is 66.4 Å². The molecule has 0 aliphatic rings. The van der Waals surface area contributed by atoms with Gasteiger partial charge in [0.25, 0.3) is 0 Å². The molecule has 0 unspecified atom stereocenters. The van der Waals surface area contributed by atoms with Crippen molar-refractivity contribution in [3.63, 3.8) is 0 Å². The molecule has 0 aromatic heterocycles. The molecule has 0 aliphatic carbocycles. The Morgan fingerprint density at radius 1 is 1.17 bits per heavy atom. The van der Waals surface area contributed by atoms with Crippen molar-refractivity contribution in [1.29, 1.82) is 0 Å². The lowest BCUT2D eigenvalue weighted by molar-refractivity contribution is -0.404. The molecule has 0 heterocycles. The van der Waals surface area contributed by atoms with Gasteiger partial charge in [-0.05, 0) is 4.53 Å². The molecule has 0 amide bonds. The summed E-state index contributed by atoms with van der Waals surface area (Å²) in [6.07, 6.45) is -5.98. The highest BCUT2D eigenvalue weighted by atomic mass is 32.2. The molecule has 74 valence electrons. The Balaban J connectivity index is 5.13. The zero-order valence-electron chi connectivity index (χ0n) is 4.93. The quantitative estimate of drug-likeness (QED) is 0.511. The van der Waals surface area contributed by atoms with E-state index >= 15 is 0 Å². The second-order valence-corrected chi connectivity index (χ2v) is 2.99. The smallest absolute Gasteiger partial charge is 0.463 e. The molecule has 0 rings (SSSR count). The summed E-state index contributed by atoms with van der Waals surface area (Å²) in [5.41, 5.74) is 0. The molecule has 0 saturated heterocycles. The van der Waals surface area contributed by atoms with E-state index in [0.29, 0.717) is 0 Å². The van der Waals surface area contributed by atoms with Crippen molar-refractivity contribution < 1.29 is 40.0 Å². The van der Waals surface area contributed by atoms with Gasteiger partial charge in [0.05, 0.1) is 0 Å². The zero-order valence-corrected chi connectivity index (χ0v) is 5.75. The highest BCUT2D eigenvalue weighted by Crippen LogP contribution is 2.38. The van der Waals surface area contributed by atoms with Crippen molar-refractivity contribution in [3.05, 3.63) is 0 Å². The zero-order chi connectivity index (χ0) is 10.2. The maximum Gasteiger partial charge on any atom is 0.463 e. The Labute approximate surface area is 62.6 Å². The highest BCUT2D eigenvalue weighted by molar-refractivity contribution is 7.86. The predicted octanol–water partition coefficient (Wildman–Crippen LogP) is 0.618. The first kappa shape index (κ1) is 11.5. The van der Waals surface area contributed by atoms with Gasteiger partial charge in [0.15, 0.2) is 10.1 Å². The van der Waals surface area contributed by atoms with Gasteiger partial charge in [0.1, 0.15) is 0 Å². The Morgan fingerprint density at radius 3 is 1.58 bits per heavy atom. The van der Waals surface area contributed by atoms with Gasteiger partial charge in [0.2, 0.25) is 0 Å². The fourth-order valence-corrected chi connectivity index (χ4v) is 0.513. The van der Waals surface area contributed by atoms with Crippen LogP contribution in [0.3, 0.4) is 0 Å². The summed E-state index contributed by atoms with van der Waals surface area (Å²) in [5.74, 6) is 0. The average Bonchev–Trinajstić information content (AvgIpc) is 1.85. The van der Waals surface area contributed by atoms with Crippen molar-refractivity contribution in [1.82, 2.24) is 0 Å². The first-order chi connectivity index (χ1) is 5.06. The highest BCUT2D eigenvalue weighted by Gasteiger charge is 2.64. The van der Waals surface area contributed by atoms with Crippen LogP contribution < -0.4 is 0 Å². The van der Waals surface area contributed by atoms with Gasteiger partial charge in [-0.2, -0.15) is 17.6 Å². The molecule has 0 N–H and O–H groups in total. The summed E-state index contributed by atoms with van der Waals surface area (Å²) in [4.78, 5) is 1.37. The number of hydrogen-bond donors (Lipinski definition) is 0. The molecule has 10 heteroatoms. The van der Waals surface area contributed by atoms with Crippen LogP contribution in [0.15, 0.2) is 0 Å². The van der Waals surface area contributed by atoms with Crippen LogP contribution in [-0.2, 0) is 15.1 Å². The summed E-state index contributed by atoms with van der Waals surface area (Å²) in [5, 5.41) is -6.13. The van der Waals surface area contributed by atoms with Gasteiger partial charge < -0.3 is 4.55 Å². The number of alkyl halides is 4. The molecule has 0 aliphatic heterocycles. The van der Waals surface area contributed by atoms with Gasteiger partial charge in [0, 0.05) is 0 Å². The molecule has 0 saturated carbocycles. The molecule has 0 fully saturated rings. The van der Waals surface area contributed by atoms with E-state index in [1.54, 1.807) is 0 Å². The van der Waals surface area contributed by atoms with Crippen LogP contribution in [0.1, 0.15) is 0 Å². The van der Waals surface area contributed by atoms with E-state index in [0.717, 1.165) is 0 Å². The van der Waals surface area contributed by atoms with Gasteiger partial charge in [-0.15, -0.1) is 4.94 Å². The largest absolute Gasteiger partial charge is 0.743 e. The summed E-state index contributed by atoms with van der Waals surface area (Å²) in [6, 6.07) is 0. The average molecular weight is 215 g/mol. The summed E-state index contributed by atoms with van der Waals surface area (Å²) in [7, 11) is -6.67. The monoisotopic (exact) mass is 215 g/mol. The Morgan fingerprint density at radius 2 is 1.50 bits per heavy atom. The third-order valence-corrected chi connectivity index (χ3v) is 1.62. The number of hydrogen-bond acceptors (Lipinski definition) is 4. The first-order valence-corrected chi connectivity index (χ1v) is 3.48. The molecule has 0 spiro atoms. The van der Waals surface area contributed by atoms with Crippen LogP contribution in [0, 0.1) is 0 Å². The van der Waals surface area contributed by atoms with Gasteiger partial charge in [-0.25, -0.2) is 8.42 Å². The Bertz CT molecular complexity index is 257. The van der Waals surface area contributed by atoms with Crippen molar-refractivity contribution >= 4 is 10.1 Å². The predicted molar refractivity (Wildman–Crippen MR) is 21.8 cm³/mol. The van der Waals surface area contributed by atoms with Crippen LogP contribution in [-0.4, -0.2) is 24.3 Å². The van der Waals surface area contributed by atoms with E-state index in [-0.39, 0.29) is 0 Å². The maximum atomic E-state index is 11.7. The van der Waals surface area contributed by atoms with E-state index in [9.17, 15) is 35.1 Å². The van der Waals surface area contributed by atoms with E-state index < -0.39 is 21.5 Å². The summed E-state index contributed by atoms with van der Waals surface area (Å²) < 4.78 is 85.3. The molecule has 0 aromatic carbocycles. The van der Waals surface area contributed by atoms with Gasteiger partial charge in [-0.3, -0.25) is 0 Å². The number of rotatable bonds is 3. The van der Waals surface area contributed by atoms with E-state index in [1.165, 1.54) is 4.94 Å². The molecule has 0 atom stereocenters. The third kappa shape index (κ3) is 1.64. The van der Waals surface area contributed by atoms with E-state index in [2.05, 4.69) is 0 Å². The molecule has 12 heavy (non-hydrogen) atoms. The lowest BCUT2D eigenvalue weighted by Gasteiger charge is -2.23. The van der Waals surface area contributed by atoms with E-state index in [1.807, 2.05) is 0 Å². The molecular weight excluding hydrogens is 215 g/mol. The van der Waals surface area contributed by atoms with Crippen molar-refractivity contribution in [3.8, 4) is 0 Å². The van der Waals surface area contributed by atoms with E-state index in [4.69, 9.17) is 0 Å². The summed E-state index contributed by atoms with van der Waals surface area (Å²) >= 11 is 0.